The molecule has 1 saturated heterocycles. The van der Waals surface area contributed by atoms with Crippen LogP contribution in [0.15, 0.2) is 30.3 Å². The van der Waals surface area contributed by atoms with Gasteiger partial charge in [-0.2, -0.15) is 0 Å². The number of nitrogens with zero attached hydrogens (tertiary/aromatic N) is 1. The quantitative estimate of drug-likeness (QED) is 0.754. The van der Waals surface area contributed by atoms with Crippen molar-refractivity contribution in [3.05, 3.63) is 30.3 Å². The Labute approximate surface area is 110 Å². The van der Waals surface area contributed by atoms with Crippen molar-refractivity contribution < 1.29 is 9.53 Å². The molecule has 0 spiro atoms. The Morgan fingerprint density at radius 1 is 1.11 bits per heavy atom. The first-order chi connectivity index (χ1) is 8.53. The van der Waals surface area contributed by atoms with Gasteiger partial charge < -0.3 is 9.64 Å². The standard InChI is InChI=1S/C10H13N.C5H10O2/c1-2-6-10(7-3-1)11-8-4-5-9-11;1-5(2,3)7-4-6/h1-3,6-7H,4-5,8-9H2;4H,1-3H3. The summed E-state index contributed by atoms with van der Waals surface area (Å²) in [6.45, 7) is 8.40. The zero-order valence-corrected chi connectivity index (χ0v) is 11.6. The Hall–Kier alpha value is -1.51. The Morgan fingerprint density at radius 2 is 1.67 bits per heavy atom. The molecule has 0 amide bonds. The van der Waals surface area contributed by atoms with Crippen LogP contribution in [0.2, 0.25) is 0 Å². The fourth-order valence-corrected chi connectivity index (χ4v) is 1.76. The maximum Gasteiger partial charge on any atom is 0.293 e. The van der Waals surface area contributed by atoms with E-state index in [0.29, 0.717) is 6.47 Å². The Morgan fingerprint density at radius 3 is 2.06 bits per heavy atom. The van der Waals surface area contributed by atoms with Gasteiger partial charge in [0.1, 0.15) is 5.60 Å². The molecule has 1 aliphatic heterocycles. The van der Waals surface area contributed by atoms with E-state index in [2.05, 4.69) is 40.0 Å². The fourth-order valence-electron chi connectivity index (χ4n) is 1.76. The summed E-state index contributed by atoms with van der Waals surface area (Å²) in [5, 5.41) is 0. The molecule has 0 aliphatic carbocycles. The lowest BCUT2D eigenvalue weighted by Gasteiger charge is -2.16. The van der Waals surface area contributed by atoms with Crippen LogP contribution in [0.3, 0.4) is 0 Å². The lowest BCUT2D eigenvalue weighted by atomic mass is 10.2. The highest BCUT2D eigenvalue weighted by Crippen LogP contribution is 2.18. The lowest BCUT2D eigenvalue weighted by molar-refractivity contribution is -0.138. The van der Waals surface area contributed by atoms with E-state index in [9.17, 15) is 4.79 Å². The fraction of sp³-hybridized carbons (Fsp3) is 0.533. The first kappa shape index (κ1) is 14.6. The van der Waals surface area contributed by atoms with E-state index in [1.54, 1.807) is 0 Å². The van der Waals surface area contributed by atoms with Crippen LogP contribution < -0.4 is 4.90 Å². The minimum atomic E-state index is -0.318. The summed E-state index contributed by atoms with van der Waals surface area (Å²) in [6.07, 6.45) is 2.71. The number of ether oxygens (including phenoxy) is 1. The number of carbonyl (C=O) groups excluding carboxylic acids is 1. The third-order valence-corrected chi connectivity index (χ3v) is 2.63. The minimum Gasteiger partial charge on any atom is -0.462 e. The zero-order chi connectivity index (χ0) is 13.4. The van der Waals surface area contributed by atoms with Crippen molar-refractivity contribution in [1.29, 1.82) is 0 Å². The largest absolute Gasteiger partial charge is 0.462 e. The van der Waals surface area contributed by atoms with Crippen molar-refractivity contribution in [3.63, 3.8) is 0 Å². The SMILES string of the molecule is CC(C)(C)OC=O.c1ccc(N2CCCC2)cc1. The van der Waals surface area contributed by atoms with Crippen LogP contribution in [0.1, 0.15) is 33.6 Å². The van der Waals surface area contributed by atoms with Crippen LogP contribution in [0.5, 0.6) is 0 Å². The zero-order valence-electron chi connectivity index (χ0n) is 11.6. The molecule has 18 heavy (non-hydrogen) atoms. The van der Waals surface area contributed by atoms with Gasteiger partial charge in [0.2, 0.25) is 0 Å². The van der Waals surface area contributed by atoms with E-state index in [4.69, 9.17) is 0 Å². The van der Waals surface area contributed by atoms with E-state index in [-0.39, 0.29) is 5.60 Å². The van der Waals surface area contributed by atoms with Crippen molar-refractivity contribution in [3.8, 4) is 0 Å². The van der Waals surface area contributed by atoms with Gasteiger partial charge in [0, 0.05) is 18.8 Å². The molecule has 0 atom stereocenters. The van der Waals surface area contributed by atoms with E-state index in [1.807, 2.05) is 20.8 Å². The number of para-hydroxylation sites is 1. The van der Waals surface area contributed by atoms with Crippen LogP contribution in [0.25, 0.3) is 0 Å². The second kappa shape index (κ2) is 7.04. The molecule has 0 N–H and O–H groups in total. The second-order valence-electron chi connectivity index (χ2n) is 5.36. The highest BCUT2D eigenvalue weighted by atomic mass is 16.5. The van der Waals surface area contributed by atoms with Gasteiger partial charge in [-0.1, -0.05) is 18.2 Å². The maximum absolute atomic E-state index is 9.60. The second-order valence-corrected chi connectivity index (χ2v) is 5.36. The van der Waals surface area contributed by atoms with Crippen molar-refractivity contribution in [2.75, 3.05) is 18.0 Å². The molecule has 1 fully saturated rings. The molecule has 3 nitrogen and oxygen atoms in total. The minimum absolute atomic E-state index is 0.318. The number of rotatable bonds is 2. The third-order valence-electron chi connectivity index (χ3n) is 2.63. The molecule has 0 bridgehead atoms. The molecular formula is C15H23NO2. The summed E-state index contributed by atoms with van der Waals surface area (Å²) in [5.74, 6) is 0. The highest BCUT2D eigenvalue weighted by molar-refractivity contribution is 5.46. The number of hydrogen-bond acceptors (Lipinski definition) is 3. The van der Waals surface area contributed by atoms with E-state index >= 15 is 0 Å². The molecule has 0 unspecified atom stereocenters. The third kappa shape index (κ3) is 5.71. The average Bonchev–Trinajstić information content (AvgIpc) is 2.83. The maximum atomic E-state index is 9.60. The molecule has 1 aliphatic rings. The molecular weight excluding hydrogens is 226 g/mol. The van der Waals surface area contributed by atoms with Gasteiger partial charge in [-0.05, 0) is 45.7 Å². The molecule has 3 heteroatoms. The predicted molar refractivity (Wildman–Crippen MR) is 74.8 cm³/mol. The Balaban J connectivity index is 0.000000203. The summed E-state index contributed by atoms with van der Waals surface area (Å²) < 4.78 is 4.55. The summed E-state index contributed by atoms with van der Waals surface area (Å²) >= 11 is 0. The molecule has 0 aromatic heterocycles. The normalized spacial score (nSPS) is 14.7. The lowest BCUT2D eigenvalue weighted by Crippen LogP contribution is -2.17. The van der Waals surface area contributed by atoms with Gasteiger partial charge in [0.25, 0.3) is 6.47 Å². The van der Waals surface area contributed by atoms with Gasteiger partial charge in [-0.15, -0.1) is 0 Å². The monoisotopic (exact) mass is 249 g/mol. The van der Waals surface area contributed by atoms with Gasteiger partial charge in [0.05, 0.1) is 0 Å². The first-order valence-electron chi connectivity index (χ1n) is 6.44. The van der Waals surface area contributed by atoms with Crippen molar-refractivity contribution in [2.45, 2.75) is 39.2 Å². The van der Waals surface area contributed by atoms with Gasteiger partial charge in [0.15, 0.2) is 0 Å². The number of benzene rings is 1. The van der Waals surface area contributed by atoms with Crippen LogP contribution in [0, 0.1) is 0 Å². The predicted octanol–water partition coefficient (Wildman–Crippen LogP) is 3.24. The number of anilines is 1. The van der Waals surface area contributed by atoms with Gasteiger partial charge in [-0.25, -0.2) is 0 Å². The molecule has 1 aromatic rings. The van der Waals surface area contributed by atoms with Gasteiger partial charge >= 0.3 is 0 Å². The van der Waals surface area contributed by atoms with Crippen LogP contribution in [-0.2, 0) is 9.53 Å². The van der Waals surface area contributed by atoms with E-state index in [1.165, 1.54) is 31.6 Å². The molecule has 1 aromatic carbocycles. The smallest absolute Gasteiger partial charge is 0.293 e. The summed E-state index contributed by atoms with van der Waals surface area (Å²) in [7, 11) is 0. The number of hydrogen-bond donors (Lipinski definition) is 0. The first-order valence-corrected chi connectivity index (χ1v) is 6.44. The van der Waals surface area contributed by atoms with Crippen molar-refractivity contribution >= 4 is 12.2 Å². The van der Waals surface area contributed by atoms with Crippen LogP contribution >= 0.6 is 0 Å². The summed E-state index contributed by atoms with van der Waals surface area (Å²) in [4.78, 5) is 12.0. The Bertz CT molecular complexity index is 337. The average molecular weight is 249 g/mol. The van der Waals surface area contributed by atoms with Crippen molar-refractivity contribution in [2.24, 2.45) is 0 Å². The van der Waals surface area contributed by atoms with E-state index < -0.39 is 0 Å². The summed E-state index contributed by atoms with van der Waals surface area (Å²) in [5.41, 5.74) is 1.06. The van der Waals surface area contributed by atoms with Crippen LogP contribution in [0.4, 0.5) is 5.69 Å². The molecule has 0 saturated carbocycles. The summed E-state index contributed by atoms with van der Waals surface area (Å²) in [6, 6.07) is 10.7. The topological polar surface area (TPSA) is 29.5 Å². The van der Waals surface area contributed by atoms with Crippen LogP contribution in [-0.4, -0.2) is 25.2 Å². The Kier molecular flexibility index (Phi) is 5.69. The molecule has 2 rings (SSSR count). The number of carbonyl (C=O) groups is 1. The van der Waals surface area contributed by atoms with Crippen molar-refractivity contribution in [1.82, 2.24) is 0 Å². The molecule has 1 heterocycles. The molecule has 0 radical (unpaired) electrons. The van der Waals surface area contributed by atoms with E-state index in [0.717, 1.165) is 0 Å². The van der Waals surface area contributed by atoms with Gasteiger partial charge in [-0.3, -0.25) is 4.79 Å². The molecule has 100 valence electrons. The highest BCUT2D eigenvalue weighted by Gasteiger charge is 2.10.